The number of aliphatic hydroxyl groups is 2. The molecule has 3 radical (unpaired) electrons. The third-order valence-corrected chi connectivity index (χ3v) is 22.4. The standard InChI is InChI=1S/3C22H19N2.C17H13N.2C17H12N.CHF3O3S.2CH4O.3Ir/c3*1-16(2)18-12-6-8-14-20(18)24-21-15-9-7-13-19(21)23-22(24)17-10-4-3-5-11-17;3*1-2-7-14(8-3-1)15-9-6-10-16(13-15)17-11-4-5-12-18-17;2-1(3,4)8(5,6)7;2*1-2;;;/h3*3-10,12-16H,1-2H3;1-13H;2*1-9,11-13H;(H,5,6,7);2*2H,1H3;;;/q3*-1;;2*-1;;;;;;/p-1. The number of hydrogen-bond donors (Lipinski definition) is 2. The molecule has 0 spiro atoms. The van der Waals surface area contributed by atoms with Gasteiger partial charge in [0.25, 0.3) is 0 Å². The van der Waals surface area contributed by atoms with Gasteiger partial charge in [-0.05, 0) is 153 Å². The van der Waals surface area contributed by atoms with Crippen LogP contribution in [0, 0.1) is 30.3 Å². The van der Waals surface area contributed by atoms with Crippen LogP contribution in [0.5, 0.6) is 0 Å². The number of hydrogen-bond acceptors (Lipinski definition) is 11. The van der Waals surface area contributed by atoms with Gasteiger partial charge in [-0.15, -0.1) is 178 Å². The van der Waals surface area contributed by atoms with Crippen molar-refractivity contribution in [3.63, 3.8) is 0 Å². The minimum atomic E-state index is -6.09. The van der Waals surface area contributed by atoms with Crippen LogP contribution in [-0.4, -0.2) is 86.5 Å². The molecule has 2 N–H and O–H groups in total. The molecule has 0 aliphatic heterocycles. The van der Waals surface area contributed by atoms with Crippen molar-refractivity contribution in [1.82, 2.24) is 43.6 Å². The fourth-order valence-electron chi connectivity index (χ4n) is 15.4. The van der Waals surface area contributed by atoms with Crippen molar-refractivity contribution >= 4 is 43.2 Å². The summed E-state index contributed by atoms with van der Waals surface area (Å²) in [7, 11) is -4.09. The molecule has 0 atom stereocenters. The van der Waals surface area contributed by atoms with Crippen LogP contribution < -0.4 is 0 Å². The number of aliphatic hydroxyl groups excluding tert-OH is 2. The van der Waals surface area contributed by atoms with E-state index in [0.29, 0.717) is 17.8 Å². The zero-order valence-corrected chi connectivity index (χ0v) is 86.6. The Morgan fingerprint density at radius 1 is 0.277 bits per heavy atom. The first-order valence-corrected chi connectivity index (χ1v) is 46.3. The monoisotopic (exact) mass is 2420 g/mol. The van der Waals surface area contributed by atoms with Crippen molar-refractivity contribution in [2.75, 3.05) is 14.2 Å². The van der Waals surface area contributed by atoms with Gasteiger partial charge in [0.1, 0.15) is 0 Å². The summed E-state index contributed by atoms with van der Waals surface area (Å²) in [5, 5.41) is 14.0. The predicted octanol–water partition coefficient (Wildman–Crippen LogP) is 29.0. The summed E-state index contributed by atoms with van der Waals surface area (Å²) < 4.78 is 65.7. The van der Waals surface area contributed by atoms with Crippen molar-refractivity contribution in [3.8, 4) is 118 Å². The van der Waals surface area contributed by atoms with E-state index in [-0.39, 0.29) is 60.3 Å². The Morgan fingerprint density at radius 3 is 0.823 bits per heavy atom. The molecule has 0 aliphatic rings. The summed E-state index contributed by atoms with van der Waals surface area (Å²) in [6, 6.07) is 161. The summed E-state index contributed by atoms with van der Waals surface area (Å²) >= 11 is 0. The molecule has 21 heteroatoms. The third-order valence-electron chi connectivity index (χ3n) is 21.8. The van der Waals surface area contributed by atoms with Gasteiger partial charge in [0, 0.05) is 116 Å². The molecule has 21 rings (SSSR count). The first-order chi connectivity index (χ1) is 67.3. The quantitative estimate of drug-likeness (QED) is 0.0564. The number of pyridine rings is 3. The number of nitrogens with zero attached hydrogens (tertiary/aromatic N) is 9. The van der Waals surface area contributed by atoms with E-state index < -0.39 is 15.6 Å². The molecular weight excluding hydrogens is 2310 g/mol. The predicted molar refractivity (Wildman–Crippen MR) is 553 cm³/mol. The Balaban J connectivity index is 0.000000170. The van der Waals surface area contributed by atoms with E-state index in [9.17, 15) is 13.2 Å². The van der Waals surface area contributed by atoms with Gasteiger partial charge < -0.3 is 38.4 Å². The summed E-state index contributed by atoms with van der Waals surface area (Å²) in [4.78, 5) is 27.8. The van der Waals surface area contributed by atoms with Gasteiger partial charge in [-0.2, -0.15) is 13.2 Å². The van der Waals surface area contributed by atoms with Crippen LogP contribution in [0.4, 0.5) is 13.2 Å². The van der Waals surface area contributed by atoms with Crippen molar-refractivity contribution in [1.29, 1.82) is 0 Å². The molecule has 21 aromatic rings. The van der Waals surface area contributed by atoms with Gasteiger partial charge in [-0.3, -0.25) is 19.9 Å². The van der Waals surface area contributed by atoms with Gasteiger partial charge in [0.05, 0.1) is 56.3 Å². The summed E-state index contributed by atoms with van der Waals surface area (Å²) in [6.07, 6.45) is 5.43. The molecular formula is C120H102F3Ir3N9O5S-6. The number of alkyl halides is 3. The average molecular weight is 2420 g/mol. The van der Waals surface area contributed by atoms with E-state index in [2.05, 4.69) is 343 Å². The van der Waals surface area contributed by atoms with Gasteiger partial charge in [0.15, 0.2) is 10.1 Å². The number of imidazole rings is 3. The summed E-state index contributed by atoms with van der Waals surface area (Å²) in [5.74, 6) is 4.12. The van der Waals surface area contributed by atoms with E-state index >= 15 is 0 Å². The Kier molecular flexibility index (Phi) is 41.9. The average Bonchev–Trinajstić information content (AvgIpc) is 1.49. The molecule has 0 saturated carbocycles. The van der Waals surface area contributed by atoms with Crippen molar-refractivity contribution in [2.24, 2.45) is 0 Å². The molecule has 141 heavy (non-hydrogen) atoms. The first-order valence-electron chi connectivity index (χ1n) is 44.9. The van der Waals surface area contributed by atoms with Crippen LogP contribution in [-0.2, 0) is 70.4 Å². The van der Waals surface area contributed by atoms with Crippen LogP contribution >= 0.6 is 0 Å². The van der Waals surface area contributed by atoms with Crippen molar-refractivity contribution in [2.45, 2.75) is 64.8 Å². The fraction of sp³-hybridized carbons (Fsp3) is 0.100. The second kappa shape index (κ2) is 54.3. The SMILES string of the molecule is CC(C)c1ccccc1-n1c(-c2[c-]cccc2)nc2ccccc21.CC(C)c1ccccc1-n1c(-c2[c-]cccc2)nc2ccccc21.CC(C)c1ccccc1-n1c(-c2[c-]cccc2)nc2ccccc21.CO.CO.O=S(=O)([O-])C(F)(F)F.[Ir].[Ir].[Ir].[c-]1ccc(-c2ccccc2)cc1-c1ccccn1.[c-]1ccc(-c2ccccc2)cc1-c1ccccn1.c1ccc(-c2cccc(-c3ccccn3)c2)cc1. The van der Waals surface area contributed by atoms with Gasteiger partial charge in [-0.25, -0.2) is 8.42 Å². The summed E-state index contributed by atoms with van der Waals surface area (Å²) in [5.41, 5.74) is 24.6. The Hall–Kier alpha value is -14.3. The van der Waals surface area contributed by atoms with Gasteiger partial charge in [-0.1, -0.05) is 272 Å². The van der Waals surface area contributed by atoms with E-state index in [0.717, 1.165) is 115 Å². The van der Waals surface area contributed by atoms with Crippen LogP contribution in [0.25, 0.3) is 151 Å². The minimum absolute atomic E-state index is 0. The topological polar surface area (TPSA) is 190 Å². The van der Waals surface area contributed by atoms with Crippen LogP contribution in [0.1, 0.15) is 76.0 Å². The molecule has 0 bridgehead atoms. The maximum atomic E-state index is 10.7. The van der Waals surface area contributed by atoms with Crippen LogP contribution in [0.3, 0.4) is 0 Å². The van der Waals surface area contributed by atoms with Crippen LogP contribution in [0.15, 0.2) is 443 Å². The van der Waals surface area contributed by atoms with Gasteiger partial charge >= 0.3 is 5.51 Å². The number of aromatic nitrogens is 9. The Bertz CT molecular complexity index is 6650. The molecule has 717 valence electrons. The first kappa shape index (κ1) is 109. The molecule has 0 fully saturated rings. The van der Waals surface area contributed by atoms with Gasteiger partial charge in [0.2, 0.25) is 0 Å². The zero-order chi connectivity index (χ0) is 97.2. The summed E-state index contributed by atoms with van der Waals surface area (Å²) in [6.45, 7) is 13.4. The largest absolute Gasteiger partial charge is 0.741 e. The smallest absolute Gasteiger partial charge is 0.485 e. The molecule has 6 heterocycles. The zero-order valence-electron chi connectivity index (χ0n) is 78.6. The Morgan fingerprint density at radius 2 is 0.532 bits per heavy atom. The van der Waals surface area contributed by atoms with Crippen molar-refractivity contribution < 1.29 is 96.7 Å². The normalized spacial score (nSPS) is 10.6. The number of benzene rings is 15. The molecule has 15 aromatic carbocycles. The molecule has 0 amide bonds. The van der Waals surface area contributed by atoms with E-state index in [1.807, 2.05) is 188 Å². The second-order valence-corrected chi connectivity index (χ2v) is 33.3. The number of fused-ring (bicyclic) bond motifs is 3. The molecule has 14 nitrogen and oxygen atoms in total. The van der Waals surface area contributed by atoms with E-state index in [4.69, 9.17) is 38.1 Å². The fourth-order valence-corrected chi connectivity index (χ4v) is 15.4. The molecule has 6 aromatic heterocycles. The minimum Gasteiger partial charge on any atom is -0.741 e. The molecule has 0 saturated heterocycles. The van der Waals surface area contributed by atoms with Crippen LogP contribution in [0.2, 0.25) is 0 Å². The maximum absolute atomic E-state index is 10.7. The van der Waals surface area contributed by atoms with E-state index in [1.54, 1.807) is 12.4 Å². The van der Waals surface area contributed by atoms with Crippen molar-refractivity contribution in [3.05, 3.63) is 490 Å². The second-order valence-electron chi connectivity index (χ2n) is 32.0. The Labute approximate surface area is 864 Å². The number of para-hydroxylation sites is 9. The number of rotatable bonds is 15. The molecule has 0 unspecified atom stereocenters. The molecule has 0 aliphatic carbocycles. The number of halogens is 3. The third kappa shape index (κ3) is 28.8. The maximum Gasteiger partial charge on any atom is 0.485 e. The van der Waals surface area contributed by atoms with E-state index in [1.165, 1.54) is 67.1 Å².